The largest absolute Gasteiger partial charge is 0.508 e. The van der Waals surface area contributed by atoms with Crippen molar-refractivity contribution in [2.75, 3.05) is 21.0 Å². The summed E-state index contributed by atoms with van der Waals surface area (Å²) in [5.74, 6) is 1.96. The topological polar surface area (TPSA) is 74.2 Å². The Hall–Kier alpha value is -2.89. The van der Waals surface area contributed by atoms with Gasteiger partial charge in [0.2, 0.25) is 6.79 Å². The maximum atomic E-state index is 12.9. The van der Waals surface area contributed by atoms with Crippen molar-refractivity contribution in [2.45, 2.75) is 19.8 Å². The number of methoxy groups -OCH3 is 2. The molecule has 0 unspecified atom stereocenters. The zero-order valence-electron chi connectivity index (χ0n) is 15.7. The number of carbonyl (C=O) groups excluding carboxylic acids is 1. The lowest BCUT2D eigenvalue weighted by Gasteiger charge is -2.36. The van der Waals surface area contributed by atoms with E-state index in [0.717, 1.165) is 5.56 Å². The molecule has 0 spiro atoms. The molecule has 0 saturated carbocycles. The van der Waals surface area contributed by atoms with E-state index < -0.39 is 0 Å². The van der Waals surface area contributed by atoms with Crippen LogP contribution in [0.5, 0.6) is 28.7 Å². The Morgan fingerprint density at radius 2 is 1.59 bits per heavy atom. The quantitative estimate of drug-likeness (QED) is 0.887. The van der Waals surface area contributed by atoms with Crippen molar-refractivity contribution in [1.82, 2.24) is 0 Å². The fourth-order valence-corrected chi connectivity index (χ4v) is 4.07. The predicted octanol–water partition coefficient (Wildman–Crippen LogP) is 3.74. The number of hydrogen-bond acceptors (Lipinski definition) is 6. The molecule has 0 fully saturated rings. The highest BCUT2D eigenvalue weighted by Crippen LogP contribution is 2.51. The van der Waals surface area contributed by atoms with Crippen LogP contribution < -0.4 is 18.9 Å². The molecule has 142 valence electrons. The second-order valence-corrected chi connectivity index (χ2v) is 7.05. The molecule has 2 aromatic rings. The lowest BCUT2D eigenvalue weighted by atomic mass is 9.67. The van der Waals surface area contributed by atoms with Crippen LogP contribution in [0.3, 0.4) is 0 Å². The van der Waals surface area contributed by atoms with Gasteiger partial charge in [-0.2, -0.15) is 0 Å². The van der Waals surface area contributed by atoms with Crippen molar-refractivity contribution in [3.8, 4) is 28.7 Å². The van der Waals surface area contributed by atoms with E-state index in [2.05, 4.69) is 0 Å². The number of hydrogen-bond donors (Lipinski definition) is 1. The molecule has 0 radical (unpaired) electrons. The van der Waals surface area contributed by atoms with Crippen molar-refractivity contribution in [3.05, 3.63) is 41.0 Å². The van der Waals surface area contributed by atoms with Crippen LogP contribution in [0.4, 0.5) is 0 Å². The van der Waals surface area contributed by atoms with E-state index >= 15 is 0 Å². The first-order chi connectivity index (χ1) is 13.0. The first-order valence-corrected chi connectivity index (χ1v) is 8.88. The third-order valence-corrected chi connectivity index (χ3v) is 5.74. The van der Waals surface area contributed by atoms with Gasteiger partial charge >= 0.3 is 0 Å². The minimum Gasteiger partial charge on any atom is -0.508 e. The number of ketones is 1. The highest BCUT2D eigenvalue weighted by atomic mass is 16.7. The standard InChI is InChI=1S/C21H22O6/c1-10-11(2)21(23)13-6-17(25-4)16(24-3)5-12(13)20(10)14-7-18-19(8-15(14)22)27-9-26-18/h5-8,10-11,20,22H,9H2,1-4H3/t10-,11-,20+/m0/s1. The van der Waals surface area contributed by atoms with Crippen LogP contribution in [0.25, 0.3) is 0 Å². The van der Waals surface area contributed by atoms with Crippen molar-refractivity contribution in [2.24, 2.45) is 11.8 Å². The Morgan fingerprint density at radius 1 is 0.963 bits per heavy atom. The fourth-order valence-electron chi connectivity index (χ4n) is 4.07. The van der Waals surface area contributed by atoms with Gasteiger partial charge in [0, 0.05) is 29.0 Å². The summed E-state index contributed by atoms with van der Waals surface area (Å²) in [5, 5.41) is 10.7. The van der Waals surface area contributed by atoms with Crippen molar-refractivity contribution in [3.63, 3.8) is 0 Å². The van der Waals surface area contributed by atoms with E-state index in [-0.39, 0.29) is 36.1 Å². The average Bonchev–Trinajstić information content (AvgIpc) is 3.12. The number of fused-ring (bicyclic) bond motifs is 2. The summed E-state index contributed by atoms with van der Waals surface area (Å²) < 4.78 is 21.7. The molecular formula is C21H22O6. The van der Waals surface area contributed by atoms with E-state index in [4.69, 9.17) is 18.9 Å². The zero-order valence-corrected chi connectivity index (χ0v) is 15.7. The van der Waals surface area contributed by atoms with Crippen LogP contribution in [-0.4, -0.2) is 31.9 Å². The Morgan fingerprint density at radius 3 is 2.26 bits per heavy atom. The second-order valence-electron chi connectivity index (χ2n) is 7.05. The molecule has 0 amide bonds. The van der Waals surface area contributed by atoms with Crippen LogP contribution >= 0.6 is 0 Å². The number of aromatic hydroxyl groups is 1. The second kappa shape index (κ2) is 6.37. The number of ether oxygens (including phenoxy) is 4. The molecule has 2 aromatic carbocycles. The summed E-state index contributed by atoms with van der Waals surface area (Å²) in [7, 11) is 3.11. The summed E-state index contributed by atoms with van der Waals surface area (Å²) in [4.78, 5) is 12.9. The van der Waals surface area contributed by atoms with Gasteiger partial charge in [0.05, 0.1) is 14.2 Å². The molecular weight excluding hydrogens is 348 g/mol. The number of phenolic OH excluding ortho intramolecular Hbond substituents is 1. The van der Waals surface area contributed by atoms with Crippen LogP contribution in [0.1, 0.15) is 41.3 Å². The van der Waals surface area contributed by atoms with Gasteiger partial charge in [-0.25, -0.2) is 0 Å². The molecule has 2 aliphatic rings. The number of phenols is 1. The monoisotopic (exact) mass is 370 g/mol. The van der Waals surface area contributed by atoms with Crippen LogP contribution in [0.15, 0.2) is 24.3 Å². The highest BCUT2D eigenvalue weighted by Gasteiger charge is 2.40. The molecule has 6 heteroatoms. The summed E-state index contributed by atoms with van der Waals surface area (Å²) in [5.41, 5.74) is 2.12. The molecule has 0 saturated heterocycles. The molecule has 4 rings (SSSR count). The smallest absolute Gasteiger partial charge is 0.231 e. The predicted molar refractivity (Wildman–Crippen MR) is 98.3 cm³/mol. The lowest BCUT2D eigenvalue weighted by molar-refractivity contribution is 0.0865. The summed E-state index contributed by atoms with van der Waals surface area (Å²) in [6.45, 7) is 4.08. The summed E-state index contributed by atoms with van der Waals surface area (Å²) in [6.07, 6.45) is 0. The number of carbonyl (C=O) groups is 1. The fraction of sp³-hybridized carbons (Fsp3) is 0.381. The van der Waals surface area contributed by atoms with Gasteiger partial charge in [0.15, 0.2) is 28.8 Å². The Bertz CT molecular complexity index is 919. The SMILES string of the molecule is COc1cc2c(cc1OC)[C@H](c1cc3c(cc1O)OCO3)[C@@H](C)[C@H](C)C2=O. The summed E-state index contributed by atoms with van der Waals surface area (Å²) >= 11 is 0. The highest BCUT2D eigenvalue weighted by molar-refractivity contribution is 6.01. The number of Topliss-reactive ketones (excluding diaryl/α,β-unsaturated/α-hetero) is 1. The average molecular weight is 370 g/mol. The molecule has 1 aliphatic heterocycles. The summed E-state index contributed by atoms with van der Waals surface area (Å²) in [6, 6.07) is 6.95. The van der Waals surface area contributed by atoms with Gasteiger partial charge in [0.1, 0.15) is 5.75 Å². The molecule has 27 heavy (non-hydrogen) atoms. The van der Waals surface area contributed by atoms with Crippen molar-refractivity contribution < 1.29 is 28.8 Å². The third-order valence-electron chi connectivity index (χ3n) is 5.74. The van der Waals surface area contributed by atoms with E-state index in [9.17, 15) is 9.90 Å². The van der Waals surface area contributed by atoms with Crippen LogP contribution in [-0.2, 0) is 0 Å². The maximum absolute atomic E-state index is 12.9. The Kier molecular flexibility index (Phi) is 4.13. The maximum Gasteiger partial charge on any atom is 0.231 e. The van der Waals surface area contributed by atoms with Gasteiger partial charge in [-0.3, -0.25) is 4.79 Å². The van der Waals surface area contributed by atoms with Crippen LogP contribution in [0, 0.1) is 11.8 Å². The zero-order chi connectivity index (χ0) is 19.3. The number of benzene rings is 2. The van der Waals surface area contributed by atoms with Crippen LogP contribution in [0.2, 0.25) is 0 Å². The van der Waals surface area contributed by atoms with Gasteiger partial charge < -0.3 is 24.1 Å². The minimum absolute atomic E-state index is 0.0191. The first-order valence-electron chi connectivity index (χ1n) is 8.88. The first kappa shape index (κ1) is 17.5. The Balaban J connectivity index is 1.94. The molecule has 1 N–H and O–H groups in total. The van der Waals surface area contributed by atoms with E-state index in [1.807, 2.05) is 26.0 Å². The molecule has 1 heterocycles. The molecule has 3 atom stereocenters. The molecule has 1 aliphatic carbocycles. The van der Waals surface area contributed by atoms with Gasteiger partial charge in [-0.15, -0.1) is 0 Å². The molecule has 0 bridgehead atoms. The van der Waals surface area contributed by atoms with E-state index in [1.54, 1.807) is 26.4 Å². The van der Waals surface area contributed by atoms with E-state index in [0.29, 0.717) is 34.1 Å². The third kappa shape index (κ3) is 2.59. The van der Waals surface area contributed by atoms with Gasteiger partial charge in [0.25, 0.3) is 0 Å². The molecule has 6 nitrogen and oxygen atoms in total. The number of rotatable bonds is 3. The Labute approximate surface area is 157 Å². The minimum atomic E-state index is -0.203. The van der Waals surface area contributed by atoms with E-state index in [1.165, 1.54) is 0 Å². The van der Waals surface area contributed by atoms with Gasteiger partial charge in [-0.05, 0) is 29.7 Å². The van der Waals surface area contributed by atoms with Crippen molar-refractivity contribution >= 4 is 5.78 Å². The van der Waals surface area contributed by atoms with Gasteiger partial charge in [-0.1, -0.05) is 13.8 Å². The normalized spacial score (nSPS) is 23.1. The lowest BCUT2D eigenvalue weighted by Crippen LogP contribution is -2.32. The molecule has 0 aromatic heterocycles. The van der Waals surface area contributed by atoms with Crippen molar-refractivity contribution in [1.29, 1.82) is 0 Å².